The minimum atomic E-state index is -0.768. The fraction of sp³-hybridized carbons (Fsp3) is 0.167. The van der Waals surface area contributed by atoms with Crippen molar-refractivity contribution < 1.29 is 13.9 Å². The summed E-state index contributed by atoms with van der Waals surface area (Å²) < 4.78 is 7.81. The van der Waals surface area contributed by atoms with E-state index in [1.807, 2.05) is 61.7 Å². The second kappa shape index (κ2) is 8.20. The van der Waals surface area contributed by atoms with E-state index in [2.05, 4.69) is 10.1 Å². The quantitative estimate of drug-likeness (QED) is 0.343. The van der Waals surface area contributed by atoms with Gasteiger partial charge in [-0.1, -0.05) is 47.6 Å². The number of anilines is 1. The third-order valence-electron chi connectivity index (χ3n) is 5.63. The van der Waals surface area contributed by atoms with Crippen LogP contribution in [0.5, 0.6) is 0 Å². The molecule has 0 radical (unpaired) electrons. The number of H-pyrrole nitrogens is 1. The molecule has 4 aromatic rings. The van der Waals surface area contributed by atoms with Gasteiger partial charge in [0.2, 0.25) is 11.1 Å². The first-order valence-corrected chi connectivity index (χ1v) is 11.8. The van der Waals surface area contributed by atoms with Crippen molar-refractivity contribution in [2.75, 3.05) is 11.2 Å². The first-order valence-electron chi connectivity index (χ1n) is 10.2. The zero-order chi connectivity index (χ0) is 23.3. The number of aryl methyl sites for hydroxylation is 1. The van der Waals surface area contributed by atoms with Gasteiger partial charge < -0.3 is 4.42 Å². The van der Waals surface area contributed by atoms with Gasteiger partial charge in [0.05, 0.1) is 11.3 Å². The molecule has 0 saturated carbocycles. The van der Waals surface area contributed by atoms with E-state index in [-0.39, 0.29) is 11.5 Å². The molecule has 0 bridgehead atoms. The molecule has 1 atom stereocenters. The molecule has 33 heavy (non-hydrogen) atoms. The molecule has 1 aliphatic rings. The Kier molecular flexibility index (Phi) is 5.34. The molecule has 1 aliphatic heterocycles. The molecule has 0 fully saturated rings. The van der Waals surface area contributed by atoms with Crippen LogP contribution in [0.4, 0.5) is 5.69 Å². The molecule has 166 valence electrons. The number of nitrogens with one attached hydrogen (secondary N) is 1. The molecule has 3 heterocycles. The Balaban J connectivity index is 1.74. The van der Waals surface area contributed by atoms with Gasteiger partial charge in [-0.05, 0) is 53.8 Å². The van der Waals surface area contributed by atoms with Crippen molar-refractivity contribution >= 4 is 35.0 Å². The van der Waals surface area contributed by atoms with Gasteiger partial charge in [0, 0.05) is 22.6 Å². The summed E-state index contributed by atoms with van der Waals surface area (Å²) in [5.41, 5.74) is 3.11. The number of furan rings is 1. The number of hydrogen-bond acceptors (Lipinski definition) is 5. The number of hydrogen-bond donors (Lipinski definition) is 1. The number of fused-ring (bicyclic) bond motifs is 3. The molecule has 1 amide bonds. The molecule has 2 aromatic heterocycles. The number of carbonyl (C=O) groups is 1. The van der Waals surface area contributed by atoms with Crippen molar-refractivity contribution in [1.82, 2.24) is 10.1 Å². The Labute approximate surface area is 199 Å². The molecule has 5 rings (SSSR count). The SMILES string of the molecule is CSc1n[n+]2c(c(=O)[nH]1)-c1ccccc1N(C(C)=O)[C@@H]2c1ccc(-c2ccc(C)c(Cl)c2)o1. The summed E-state index contributed by atoms with van der Waals surface area (Å²) in [5, 5.41) is 5.72. The van der Waals surface area contributed by atoms with Crippen molar-refractivity contribution in [1.29, 1.82) is 0 Å². The van der Waals surface area contributed by atoms with Gasteiger partial charge >= 0.3 is 17.4 Å². The van der Waals surface area contributed by atoms with E-state index in [0.717, 1.165) is 11.1 Å². The second-order valence-electron chi connectivity index (χ2n) is 7.70. The topological polar surface area (TPSA) is 83.1 Å². The van der Waals surface area contributed by atoms with Gasteiger partial charge in [-0.3, -0.25) is 14.6 Å². The number of rotatable bonds is 3. The largest absolute Gasteiger partial charge is 0.452 e. The van der Waals surface area contributed by atoms with Crippen molar-refractivity contribution in [2.24, 2.45) is 0 Å². The number of benzene rings is 2. The Morgan fingerprint density at radius 2 is 2.00 bits per heavy atom. The summed E-state index contributed by atoms with van der Waals surface area (Å²) in [6.07, 6.45) is 1.06. The first-order chi connectivity index (χ1) is 15.9. The second-order valence-corrected chi connectivity index (χ2v) is 8.90. The Hall–Kier alpha value is -3.36. The van der Waals surface area contributed by atoms with E-state index >= 15 is 0 Å². The van der Waals surface area contributed by atoms with Crippen molar-refractivity contribution in [3.63, 3.8) is 0 Å². The van der Waals surface area contributed by atoms with Crippen molar-refractivity contribution in [3.8, 4) is 22.6 Å². The van der Waals surface area contributed by atoms with Crippen LogP contribution in [0.3, 0.4) is 0 Å². The predicted molar refractivity (Wildman–Crippen MR) is 127 cm³/mol. The van der Waals surface area contributed by atoms with Crippen LogP contribution in [-0.4, -0.2) is 22.2 Å². The van der Waals surface area contributed by atoms with Gasteiger partial charge in [0.25, 0.3) is 0 Å². The standard InChI is InChI=1S/C24H19ClN4O3S/c1-13-8-9-15(12-17(13)25)19-10-11-20(32-19)23-28(14(2)30)18-7-5-4-6-16(18)21-22(31)26-24(33-3)27-29(21)23/h4-12,23H,1-3H3/p+1/t23-/m0/s1. The number of thioether (sulfide) groups is 1. The third kappa shape index (κ3) is 3.55. The van der Waals surface area contributed by atoms with E-state index in [1.165, 1.54) is 18.7 Å². The van der Waals surface area contributed by atoms with Crippen LogP contribution in [0.25, 0.3) is 22.6 Å². The highest BCUT2D eigenvalue weighted by molar-refractivity contribution is 7.98. The molecule has 0 aliphatic carbocycles. The molecule has 0 unspecified atom stereocenters. The number of aromatic amines is 1. The number of amides is 1. The maximum atomic E-state index is 13.1. The minimum Gasteiger partial charge on any atom is -0.452 e. The van der Waals surface area contributed by atoms with Gasteiger partial charge in [-0.25, -0.2) is 4.90 Å². The fourth-order valence-corrected chi connectivity index (χ4v) is 4.60. The number of halogens is 1. The summed E-state index contributed by atoms with van der Waals surface area (Å²) in [4.78, 5) is 30.4. The van der Waals surface area contributed by atoms with E-state index < -0.39 is 6.17 Å². The van der Waals surface area contributed by atoms with Crippen molar-refractivity contribution in [2.45, 2.75) is 25.2 Å². The maximum absolute atomic E-state index is 13.1. The van der Waals surface area contributed by atoms with E-state index in [1.54, 1.807) is 15.6 Å². The van der Waals surface area contributed by atoms with Crippen molar-refractivity contribution in [3.05, 3.63) is 81.3 Å². The van der Waals surface area contributed by atoms with E-state index in [0.29, 0.717) is 38.6 Å². The normalized spacial score (nSPS) is 14.7. The summed E-state index contributed by atoms with van der Waals surface area (Å²) in [6, 6.07) is 16.6. The lowest BCUT2D eigenvalue weighted by Gasteiger charge is -2.29. The minimum absolute atomic E-state index is 0.199. The third-order valence-corrected chi connectivity index (χ3v) is 6.61. The Morgan fingerprint density at radius 1 is 1.21 bits per heavy atom. The fourth-order valence-electron chi connectivity index (χ4n) is 4.06. The lowest BCUT2D eigenvalue weighted by Crippen LogP contribution is -2.60. The van der Waals surface area contributed by atoms with Crippen LogP contribution in [0, 0.1) is 6.92 Å². The zero-order valence-corrected chi connectivity index (χ0v) is 19.7. The monoisotopic (exact) mass is 479 g/mol. The van der Waals surface area contributed by atoms with Crippen LogP contribution in [0.1, 0.15) is 24.4 Å². The first kappa shape index (κ1) is 21.5. The molecule has 7 nitrogen and oxygen atoms in total. The number of nitrogens with zero attached hydrogens (tertiary/aromatic N) is 3. The summed E-state index contributed by atoms with van der Waals surface area (Å²) in [5.74, 6) is 0.879. The van der Waals surface area contributed by atoms with E-state index in [9.17, 15) is 9.59 Å². The molecule has 9 heteroatoms. The average Bonchev–Trinajstić information content (AvgIpc) is 3.29. The van der Waals surface area contributed by atoms with Crippen LogP contribution < -0.4 is 15.1 Å². The van der Waals surface area contributed by atoms with Gasteiger partial charge in [-0.15, -0.1) is 0 Å². The van der Waals surface area contributed by atoms with Crippen LogP contribution in [0.15, 0.2) is 69.0 Å². The van der Waals surface area contributed by atoms with Crippen LogP contribution >= 0.6 is 23.4 Å². The lowest BCUT2D eigenvalue weighted by atomic mass is 10.0. The predicted octanol–water partition coefficient (Wildman–Crippen LogP) is 4.58. The van der Waals surface area contributed by atoms with Crippen LogP contribution in [-0.2, 0) is 4.79 Å². The molecule has 0 spiro atoms. The number of carbonyl (C=O) groups excluding carboxylic acids is 1. The van der Waals surface area contributed by atoms with Gasteiger partial charge in [0.15, 0.2) is 5.76 Å². The molecule has 2 aromatic carbocycles. The summed E-state index contributed by atoms with van der Waals surface area (Å²) in [6.45, 7) is 3.42. The van der Waals surface area contributed by atoms with Crippen LogP contribution in [0.2, 0.25) is 5.02 Å². The highest BCUT2D eigenvalue weighted by atomic mass is 35.5. The molecular weight excluding hydrogens is 460 g/mol. The Bertz CT molecular complexity index is 1460. The van der Waals surface area contributed by atoms with Gasteiger partial charge in [0.1, 0.15) is 5.76 Å². The number of para-hydroxylation sites is 1. The smallest absolute Gasteiger partial charge is 0.325 e. The van der Waals surface area contributed by atoms with E-state index in [4.69, 9.17) is 16.0 Å². The summed E-state index contributed by atoms with van der Waals surface area (Å²) >= 11 is 7.62. The average molecular weight is 480 g/mol. The van der Waals surface area contributed by atoms with Gasteiger partial charge in [-0.2, -0.15) is 0 Å². The number of aromatic nitrogens is 3. The maximum Gasteiger partial charge on any atom is 0.325 e. The highest BCUT2D eigenvalue weighted by Crippen LogP contribution is 2.38. The molecular formula is C24H20ClN4O3S+. The lowest BCUT2D eigenvalue weighted by molar-refractivity contribution is -0.764. The highest BCUT2D eigenvalue weighted by Gasteiger charge is 2.46. The molecule has 0 saturated heterocycles. The zero-order valence-electron chi connectivity index (χ0n) is 18.1. The Morgan fingerprint density at radius 3 is 2.73 bits per heavy atom. The summed E-state index contributed by atoms with van der Waals surface area (Å²) in [7, 11) is 0. The molecule has 1 N–H and O–H groups in total.